The number of nitrogens with zero attached hydrogens (tertiary/aromatic N) is 4. The predicted molar refractivity (Wildman–Crippen MR) is 112 cm³/mol. The lowest BCUT2D eigenvalue weighted by Crippen LogP contribution is -3.11. The third-order valence-electron chi connectivity index (χ3n) is 5.50. The van der Waals surface area contributed by atoms with E-state index in [2.05, 4.69) is 54.6 Å². The largest absolute Gasteiger partial charge is 0.493 e. The number of quaternary nitrogens is 1. The monoisotopic (exact) mass is 412 g/mol. The first-order chi connectivity index (χ1) is 14.0. The summed E-state index contributed by atoms with van der Waals surface area (Å²) in [4.78, 5) is 1.38. The van der Waals surface area contributed by atoms with Gasteiger partial charge in [0.2, 0.25) is 4.77 Å². The third-order valence-corrected chi connectivity index (χ3v) is 5.88. The summed E-state index contributed by atoms with van der Waals surface area (Å²) in [7, 11) is 3.34. The zero-order chi connectivity index (χ0) is 20.5. The van der Waals surface area contributed by atoms with Crippen molar-refractivity contribution in [3.8, 4) is 17.2 Å². The molecule has 1 unspecified atom stereocenters. The lowest BCUT2D eigenvalue weighted by Gasteiger charge is -2.26. The minimum atomic E-state index is 0.615. The minimum Gasteiger partial charge on any atom is -0.493 e. The number of nitrogens with one attached hydrogen (secondary N) is 1. The first-order valence-electron chi connectivity index (χ1n) is 9.68. The molecule has 0 saturated heterocycles. The number of tetrazole rings is 1. The van der Waals surface area contributed by atoms with E-state index >= 15 is 0 Å². The van der Waals surface area contributed by atoms with Crippen molar-refractivity contribution in [3.05, 3.63) is 57.4 Å². The lowest BCUT2D eigenvalue weighted by atomic mass is 9.99. The molecule has 3 aromatic rings. The van der Waals surface area contributed by atoms with Gasteiger partial charge in [-0.05, 0) is 71.4 Å². The van der Waals surface area contributed by atoms with Gasteiger partial charge in [-0.2, -0.15) is 9.36 Å². The second kappa shape index (κ2) is 7.96. The summed E-state index contributed by atoms with van der Waals surface area (Å²) in [6.07, 6.45) is 0.976. The van der Waals surface area contributed by atoms with Gasteiger partial charge in [0, 0.05) is 12.0 Å². The van der Waals surface area contributed by atoms with E-state index in [1.54, 1.807) is 18.9 Å². The SMILES string of the molecule is COc1cc2c(cc1OC)C[NH+](Cn1nnn(-c3cc(C)ccc3C)c1=S)CC2. The van der Waals surface area contributed by atoms with E-state index in [1.165, 1.54) is 21.6 Å². The summed E-state index contributed by atoms with van der Waals surface area (Å²) in [5, 5.41) is 8.66. The number of methoxy groups -OCH3 is 2. The van der Waals surface area contributed by atoms with Gasteiger partial charge in [-0.15, -0.1) is 0 Å². The number of ether oxygens (including phenoxy) is 2. The van der Waals surface area contributed by atoms with E-state index in [4.69, 9.17) is 21.7 Å². The molecule has 8 heteroatoms. The number of rotatable bonds is 5. The van der Waals surface area contributed by atoms with Crippen molar-refractivity contribution in [2.75, 3.05) is 20.8 Å². The van der Waals surface area contributed by atoms with Gasteiger partial charge in [-0.25, -0.2) is 0 Å². The van der Waals surface area contributed by atoms with E-state index in [1.807, 2.05) is 4.68 Å². The Morgan fingerprint density at radius 3 is 2.48 bits per heavy atom. The molecule has 4 rings (SSSR count). The number of fused-ring (bicyclic) bond motifs is 1. The maximum atomic E-state index is 5.68. The first kappa shape index (κ1) is 19.6. The Balaban J connectivity index is 1.57. The molecule has 0 radical (unpaired) electrons. The van der Waals surface area contributed by atoms with E-state index in [0.29, 0.717) is 11.4 Å². The molecule has 1 aromatic heterocycles. The van der Waals surface area contributed by atoms with Crippen molar-refractivity contribution in [2.24, 2.45) is 0 Å². The summed E-state index contributed by atoms with van der Waals surface area (Å²) >= 11 is 5.68. The van der Waals surface area contributed by atoms with E-state index in [9.17, 15) is 0 Å². The number of hydrogen-bond acceptors (Lipinski definition) is 5. The Labute approximate surface area is 175 Å². The molecule has 1 aliphatic rings. The van der Waals surface area contributed by atoms with Crippen LogP contribution in [0.2, 0.25) is 0 Å². The molecule has 152 valence electrons. The Morgan fingerprint density at radius 1 is 1.03 bits per heavy atom. The molecule has 2 aromatic carbocycles. The Bertz CT molecular complexity index is 1100. The summed E-state index contributed by atoms with van der Waals surface area (Å²) in [6, 6.07) is 10.4. The fourth-order valence-electron chi connectivity index (χ4n) is 3.85. The quantitative estimate of drug-likeness (QED) is 0.650. The van der Waals surface area contributed by atoms with Crippen molar-refractivity contribution in [1.29, 1.82) is 0 Å². The van der Waals surface area contributed by atoms with E-state index in [0.717, 1.165) is 42.3 Å². The standard InChI is InChI=1S/C21H25N5O2S/c1-14-5-6-15(2)18(9-14)26-21(29)25(22-23-26)13-24-8-7-16-10-19(27-3)20(28-4)11-17(16)12-24/h5-6,9-11H,7-8,12-13H2,1-4H3/p+1. The maximum Gasteiger partial charge on any atom is 0.225 e. The molecule has 0 amide bonds. The van der Waals surface area contributed by atoms with Gasteiger partial charge < -0.3 is 14.4 Å². The molecule has 0 saturated carbocycles. The van der Waals surface area contributed by atoms with Crippen LogP contribution in [0.3, 0.4) is 0 Å². The normalized spacial score (nSPS) is 15.8. The van der Waals surface area contributed by atoms with Crippen LogP contribution in [-0.2, 0) is 19.6 Å². The van der Waals surface area contributed by atoms with Gasteiger partial charge in [0.25, 0.3) is 0 Å². The number of aromatic nitrogens is 4. The molecule has 7 nitrogen and oxygen atoms in total. The van der Waals surface area contributed by atoms with Crippen LogP contribution in [0, 0.1) is 18.6 Å². The van der Waals surface area contributed by atoms with Crippen LogP contribution in [-0.4, -0.2) is 40.6 Å². The highest BCUT2D eigenvalue weighted by Crippen LogP contribution is 2.31. The van der Waals surface area contributed by atoms with Crippen molar-refractivity contribution < 1.29 is 14.4 Å². The highest BCUT2D eigenvalue weighted by atomic mass is 32.1. The van der Waals surface area contributed by atoms with Crippen LogP contribution in [0.1, 0.15) is 22.3 Å². The third kappa shape index (κ3) is 3.77. The average molecular weight is 413 g/mol. The molecule has 0 aliphatic carbocycles. The van der Waals surface area contributed by atoms with Gasteiger partial charge in [-0.3, -0.25) is 0 Å². The van der Waals surface area contributed by atoms with E-state index in [-0.39, 0.29) is 0 Å². The van der Waals surface area contributed by atoms with Crippen LogP contribution < -0.4 is 14.4 Å². The molecular weight excluding hydrogens is 386 g/mol. The molecular formula is C21H26N5O2S+. The van der Waals surface area contributed by atoms with Gasteiger partial charge in [-0.1, -0.05) is 12.1 Å². The minimum absolute atomic E-state index is 0.615. The summed E-state index contributed by atoms with van der Waals surface area (Å²) in [5.74, 6) is 1.55. The van der Waals surface area contributed by atoms with Crippen LogP contribution >= 0.6 is 12.2 Å². The highest BCUT2D eigenvalue weighted by molar-refractivity contribution is 7.71. The molecule has 0 fully saturated rings. The Hall–Kier alpha value is -2.71. The number of hydrogen-bond donors (Lipinski definition) is 1. The Kier molecular flexibility index (Phi) is 5.38. The van der Waals surface area contributed by atoms with Gasteiger partial charge in [0.1, 0.15) is 6.54 Å². The molecule has 1 N–H and O–H groups in total. The second-order valence-corrected chi connectivity index (χ2v) is 7.89. The molecule has 1 aliphatic heterocycles. The van der Waals surface area contributed by atoms with Crippen LogP contribution in [0.5, 0.6) is 11.5 Å². The molecule has 2 heterocycles. The van der Waals surface area contributed by atoms with Crippen LogP contribution in [0.25, 0.3) is 5.69 Å². The second-order valence-electron chi connectivity index (χ2n) is 7.52. The zero-order valence-corrected chi connectivity index (χ0v) is 18.0. The fourth-order valence-corrected chi connectivity index (χ4v) is 4.08. The van der Waals surface area contributed by atoms with E-state index < -0.39 is 0 Å². The highest BCUT2D eigenvalue weighted by Gasteiger charge is 2.23. The zero-order valence-electron chi connectivity index (χ0n) is 17.2. The Morgan fingerprint density at radius 2 is 1.76 bits per heavy atom. The van der Waals surface area contributed by atoms with Crippen molar-refractivity contribution in [1.82, 2.24) is 19.8 Å². The van der Waals surface area contributed by atoms with Gasteiger partial charge in [0.15, 0.2) is 18.2 Å². The summed E-state index contributed by atoms with van der Waals surface area (Å²) in [6.45, 7) is 6.69. The summed E-state index contributed by atoms with van der Waals surface area (Å²) in [5.41, 5.74) is 5.87. The first-order valence-corrected chi connectivity index (χ1v) is 10.1. The van der Waals surface area contributed by atoms with Crippen molar-refractivity contribution in [3.63, 3.8) is 0 Å². The molecule has 29 heavy (non-hydrogen) atoms. The van der Waals surface area contributed by atoms with Crippen LogP contribution in [0.4, 0.5) is 0 Å². The lowest BCUT2D eigenvalue weighted by molar-refractivity contribution is -0.939. The summed E-state index contributed by atoms with van der Waals surface area (Å²) < 4.78 is 15.1. The smallest absolute Gasteiger partial charge is 0.225 e. The van der Waals surface area contributed by atoms with Crippen LogP contribution in [0.15, 0.2) is 30.3 Å². The van der Waals surface area contributed by atoms with Gasteiger partial charge >= 0.3 is 0 Å². The number of benzene rings is 2. The average Bonchev–Trinajstić information content (AvgIpc) is 3.08. The van der Waals surface area contributed by atoms with Crippen molar-refractivity contribution >= 4 is 12.2 Å². The molecule has 0 spiro atoms. The van der Waals surface area contributed by atoms with Crippen molar-refractivity contribution in [2.45, 2.75) is 33.5 Å². The molecule has 1 atom stereocenters. The predicted octanol–water partition coefficient (Wildman–Crippen LogP) is 2.03. The molecule has 0 bridgehead atoms. The fraction of sp³-hybridized carbons (Fsp3) is 0.381. The maximum absolute atomic E-state index is 5.68. The topological polar surface area (TPSA) is 58.5 Å². The number of aryl methyl sites for hydroxylation is 2. The van der Waals surface area contributed by atoms with Gasteiger partial charge in [0.05, 0.1) is 26.5 Å².